The first-order valence-electron chi connectivity index (χ1n) is 5.60. The van der Waals surface area contributed by atoms with Crippen molar-refractivity contribution in [3.63, 3.8) is 0 Å². The van der Waals surface area contributed by atoms with Crippen LogP contribution in [0.5, 0.6) is 0 Å². The van der Waals surface area contributed by atoms with Gasteiger partial charge in [-0.1, -0.05) is 46.6 Å². The van der Waals surface area contributed by atoms with Gasteiger partial charge in [0.25, 0.3) is 0 Å². The van der Waals surface area contributed by atoms with Crippen LogP contribution in [-0.2, 0) is 22.4 Å². The SMILES string of the molecule is COC(=O)CCCc1nc(Cl)c2c(n1)SC(Cl)(Cl)C2. The molecule has 4 nitrogen and oxygen atoms in total. The molecule has 0 atom stereocenters. The Hall–Kier alpha value is -0.230. The van der Waals surface area contributed by atoms with E-state index >= 15 is 0 Å². The van der Waals surface area contributed by atoms with Crippen molar-refractivity contribution in [2.24, 2.45) is 0 Å². The van der Waals surface area contributed by atoms with E-state index in [-0.39, 0.29) is 5.97 Å². The highest BCUT2D eigenvalue weighted by Gasteiger charge is 2.37. The van der Waals surface area contributed by atoms with Crippen LogP contribution in [0.15, 0.2) is 5.03 Å². The normalized spacial score (nSPS) is 16.2. The number of esters is 1. The number of carbonyl (C=O) groups is 1. The Kier molecular flexibility index (Phi) is 4.82. The zero-order chi connectivity index (χ0) is 14.0. The number of methoxy groups -OCH3 is 1. The van der Waals surface area contributed by atoms with Gasteiger partial charge in [-0.25, -0.2) is 9.97 Å². The average molecular weight is 342 g/mol. The Morgan fingerprint density at radius 1 is 1.47 bits per heavy atom. The topological polar surface area (TPSA) is 52.1 Å². The number of nitrogens with zero attached hydrogens (tertiary/aromatic N) is 2. The third-order valence-corrected chi connectivity index (χ3v) is 4.62. The molecule has 1 aliphatic heterocycles. The van der Waals surface area contributed by atoms with E-state index in [2.05, 4.69) is 14.7 Å². The summed E-state index contributed by atoms with van der Waals surface area (Å²) in [4.78, 5) is 19.6. The number of aryl methyl sites for hydroxylation is 1. The van der Waals surface area contributed by atoms with Gasteiger partial charge in [0.1, 0.15) is 16.0 Å². The van der Waals surface area contributed by atoms with Crippen LogP contribution < -0.4 is 0 Å². The smallest absolute Gasteiger partial charge is 0.305 e. The zero-order valence-electron chi connectivity index (χ0n) is 10.1. The minimum Gasteiger partial charge on any atom is -0.469 e. The van der Waals surface area contributed by atoms with E-state index in [0.29, 0.717) is 36.7 Å². The van der Waals surface area contributed by atoms with Crippen LogP contribution >= 0.6 is 46.6 Å². The zero-order valence-corrected chi connectivity index (χ0v) is 13.2. The number of hydrogen-bond acceptors (Lipinski definition) is 5. The summed E-state index contributed by atoms with van der Waals surface area (Å²) in [6.07, 6.45) is 1.92. The Morgan fingerprint density at radius 2 is 2.21 bits per heavy atom. The second-order valence-corrected chi connectivity index (χ2v) is 7.64. The third-order valence-electron chi connectivity index (χ3n) is 2.60. The predicted molar refractivity (Wildman–Crippen MR) is 76.0 cm³/mol. The van der Waals surface area contributed by atoms with E-state index in [0.717, 1.165) is 10.6 Å². The lowest BCUT2D eigenvalue weighted by atomic mass is 10.2. The molecule has 0 aliphatic carbocycles. The molecule has 0 bridgehead atoms. The van der Waals surface area contributed by atoms with Gasteiger partial charge < -0.3 is 4.74 Å². The Morgan fingerprint density at radius 3 is 2.89 bits per heavy atom. The number of rotatable bonds is 4. The summed E-state index contributed by atoms with van der Waals surface area (Å²) in [5, 5.41) is 1.10. The molecular weight excluding hydrogens is 331 g/mol. The van der Waals surface area contributed by atoms with E-state index < -0.39 is 3.67 Å². The Bertz CT molecular complexity index is 511. The number of thioether (sulfide) groups is 1. The molecule has 0 aromatic carbocycles. The standard InChI is InChI=1S/C11H11Cl3N2O2S/c1-18-8(17)4-2-3-7-15-9(12)6-5-11(13,14)19-10(6)16-7/h2-5H2,1H3. The van der Waals surface area contributed by atoms with Crippen LogP contribution in [0.25, 0.3) is 0 Å². The van der Waals surface area contributed by atoms with Gasteiger partial charge in [-0.05, 0) is 6.42 Å². The van der Waals surface area contributed by atoms with E-state index in [1.54, 1.807) is 0 Å². The Labute approximate surface area is 130 Å². The van der Waals surface area contributed by atoms with Crippen molar-refractivity contribution in [3.05, 3.63) is 16.5 Å². The van der Waals surface area contributed by atoms with Crippen molar-refractivity contribution in [3.8, 4) is 0 Å². The van der Waals surface area contributed by atoms with Crippen molar-refractivity contribution in [2.75, 3.05) is 7.11 Å². The molecule has 1 aliphatic rings. The lowest BCUT2D eigenvalue weighted by Crippen LogP contribution is -2.05. The maximum absolute atomic E-state index is 11.0. The minimum atomic E-state index is -0.925. The second-order valence-electron chi connectivity index (χ2n) is 4.06. The average Bonchev–Trinajstić information content (AvgIpc) is 2.64. The van der Waals surface area contributed by atoms with Crippen molar-refractivity contribution < 1.29 is 9.53 Å². The Balaban J connectivity index is 2.05. The number of alkyl halides is 2. The number of halogens is 3. The number of hydrogen-bond donors (Lipinski definition) is 0. The number of ether oxygens (including phenoxy) is 1. The summed E-state index contributed by atoms with van der Waals surface area (Å²) in [5.41, 5.74) is 0.786. The van der Waals surface area contributed by atoms with E-state index in [4.69, 9.17) is 34.8 Å². The van der Waals surface area contributed by atoms with Crippen LogP contribution in [0, 0.1) is 0 Å². The second kappa shape index (κ2) is 6.04. The minimum absolute atomic E-state index is 0.248. The van der Waals surface area contributed by atoms with Gasteiger partial charge in [-0.3, -0.25) is 4.79 Å². The quantitative estimate of drug-likeness (QED) is 0.477. The van der Waals surface area contributed by atoms with Gasteiger partial charge in [0, 0.05) is 24.8 Å². The number of aromatic nitrogens is 2. The summed E-state index contributed by atoms with van der Waals surface area (Å²) >= 11 is 19.5. The van der Waals surface area contributed by atoms with Crippen LogP contribution in [0.3, 0.4) is 0 Å². The van der Waals surface area contributed by atoms with Crippen molar-refractivity contribution in [2.45, 2.75) is 34.4 Å². The maximum Gasteiger partial charge on any atom is 0.305 e. The van der Waals surface area contributed by atoms with Crippen LogP contribution in [0.1, 0.15) is 24.2 Å². The lowest BCUT2D eigenvalue weighted by Gasteiger charge is -2.06. The number of carbonyl (C=O) groups excluding carboxylic acids is 1. The molecule has 2 rings (SSSR count). The number of fused-ring (bicyclic) bond motifs is 1. The van der Waals surface area contributed by atoms with Crippen LogP contribution in [-0.4, -0.2) is 26.7 Å². The molecule has 0 fully saturated rings. The summed E-state index contributed by atoms with van der Waals surface area (Å²) in [5.74, 6) is 0.341. The molecule has 0 radical (unpaired) electrons. The molecule has 2 heterocycles. The summed E-state index contributed by atoms with van der Waals surface area (Å²) in [7, 11) is 1.36. The fraction of sp³-hybridized carbons (Fsp3) is 0.545. The summed E-state index contributed by atoms with van der Waals surface area (Å²) < 4.78 is 3.64. The van der Waals surface area contributed by atoms with Gasteiger partial charge in [0.2, 0.25) is 0 Å². The van der Waals surface area contributed by atoms with Crippen LogP contribution in [0.4, 0.5) is 0 Å². The van der Waals surface area contributed by atoms with Crippen molar-refractivity contribution in [1.82, 2.24) is 9.97 Å². The molecular formula is C11H11Cl3N2O2S. The first-order valence-corrected chi connectivity index (χ1v) is 7.55. The van der Waals surface area contributed by atoms with Crippen molar-refractivity contribution >= 4 is 52.5 Å². The molecule has 1 aromatic rings. The van der Waals surface area contributed by atoms with Crippen molar-refractivity contribution in [1.29, 1.82) is 0 Å². The highest BCUT2D eigenvalue weighted by molar-refractivity contribution is 8.03. The highest BCUT2D eigenvalue weighted by Crippen LogP contribution is 2.51. The van der Waals surface area contributed by atoms with E-state index in [9.17, 15) is 4.79 Å². The van der Waals surface area contributed by atoms with Gasteiger partial charge >= 0.3 is 5.97 Å². The van der Waals surface area contributed by atoms with E-state index in [1.807, 2.05) is 0 Å². The van der Waals surface area contributed by atoms with Gasteiger partial charge in [0.05, 0.1) is 7.11 Å². The predicted octanol–water partition coefficient (Wildman–Crippen LogP) is 3.41. The molecule has 19 heavy (non-hydrogen) atoms. The molecule has 0 amide bonds. The van der Waals surface area contributed by atoms with Gasteiger partial charge in [-0.2, -0.15) is 0 Å². The fourth-order valence-electron chi connectivity index (χ4n) is 1.70. The molecule has 0 saturated heterocycles. The van der Waals surface area contributed by atoms with Gasteiger partial charge in [-0.15, -0.1) is 0 Å². The lowest BCUT2D eigenvalue weighted by molar-refractivity contribution is -0.140. The molecule has 8 heteroatoms. The molecule has 104 valence electrons. The fourth-order valence-corrected chi connectivity index (χ4v) is 3.66. The highest BCUT2D eigenvalue weighted by atomic mass is 35.5. The summed E-state index contributed by atoms with van der Waals surface area (Å²) in [6.45, 7) is 0. The molecule has 0 spiro atoms. The molecule has 0 N–H and O–H groups in total. The molecule has 1 aromatic heterocycles. The third kappa shape index (κ3) is 3.88. The maximum atomic E-state index is 11.0. The van der Waals surface area contributed by atoms with Crippen LogP contribution in [0.2, 0.25) is 5.15 Å². The molecule has 0 saturated carbocycles. The first kappa shape index (κ1) is 15.2. The monoisotopic (exact) mass is 340 g/mol. The summed E-state index contributed by atoms with van der Waals surface area (Å²) in [6, 6.07) is 0. The van der Waals surface area contributed by atoms with E-state index in [1.165, 1.54) is 18.9 Å². The van der Waals surface area contributed by atoms with Gasteiger partial charge in [0.15, 0.2) is 3.67 Å². The first-order chi connectivity index (χ1) is 8.91. The largest absolute Gasteiger partial charge is 0.469 e. The molecule has 0 unspecified atom stereocenters.